The number of rotatable bonds is 5. The van der Waals surface area contributed by atoms with Crippen molar-refractivity contribution in [3.63, 3.8) is 0 Å². The van der Waals surface area contributed by atoms with E-state index in [1.165, 1.54) is 6.07 Å². The number of alkyl halides is 3. The van der Waals surface area contributed by atoms with Gasteiger partial charge in [0.1, 0.15) is 12.1 Å². The van der Waals surface area contributed by atoms with E-state index in [0.29, 0.717) is 31.6 Å². The lowest BCUT2D eigenvalue weighted by atomic mass is 10.0. The molecule has 3 fully saturated rings. The van der Waals surface area contributed by atoms with Crippen LogP contribution in [0.2, 0.25) is 0 Å². The number of halogens is 3. The molecule has 1 amide bonds. The van der Waals surface area contributed by atoms with Gasteiger partial charge in [-0.2, -0.15) is 18.7 Å². The van der Waals surface area contributed by atoms with Crippen molar-refractivity contribution in [2.24, 2.45) is 0 Å². The van der Waals surface area contributed by atoms with Gasteiger partial charge in [-0.3, -0.25) is 15.1 Å². The first kappa shape index (κ1) is 20.5. The van der Waals surface area contributed by atoms with Crippen molar-refractivity contribution < 1.29 is 27.5 Å². The van der Waals surface area contributed by atoms with Crippen LogP contribution in [0.3, 0.4) is 0 Å². The fourth-order valence-electron chi connectivity index (χ4n) is 4.00. The van der Waals surface area contributed by atoms with E-state index in [9.17, 15) is 18.0 Å². The van der Waals surface area contributed by atoms with Crippen molar-refractivity contribution in [2.75, 3.05) is 19.7 Å². The molecule has 0 spiro atoms. The smallest absolute Gasteiger partial charge is 0.375 e. The molecule has 3 saturated heterocycles. The summed E-state index contributed by atoms with van der Waals surface area (Å²) in [6, 6.07) is 4.72. The van der Waals surface area contributed by atoms with E-state index < -0.39 is 17.8 Å². The molecule has 10 heteroatoms. The van der Waals surface area contributed by atoms with Crippen molar-refractivity contribution in [2.45, 2.75) is 56.3 Å². The van der Waals surface area contributed by atoms with Crippen molar-refractivity contribution in [1.29, 1.82) is 0 Å². The maximum atomic E-state index is 12.9. The summed E-state index contributed by atoms with van der Waals surface area (Å²) in [7, 11) is 0. The predicted octanol–water partition coefficient (Wildman–Crippen LogP) is 1.35. The Labute approximate surface area is 166 Å². The lowest BCUT2D eigenvalue weighted by Gasteiger charge is -2.18. The number of hydroxylamine groups is 1. The van der Waals surface area contributed by atoms with E-state index in [1.54, 1.807) is 6.07 Å². The topological polar surface area (TPSA) is 74.9 Å². The van der Waals surface area contributed by atoms with Gasteiger partial charge in [0, 0.05) is 32.7 Å². The molecule has 0 saturated carbocycles. The minimum absolute atomic E-state index is 0.0383. The molecule has 3 aliphatic heterocycles. The highest BCUT2D eigenvalue weighted by Gasteiger charge is 2.38. The monoisotopic (exact) mass is 414 g/mol. The number of benzene rings is 1. The molecule has 0 bridgehead atoms. The number of hydrogen-bond acceptors (Lipinski definition) is 6. The second-order valence-corrected chi connectivity index (χ2v) is 7.76. The second kappa shape index (κ2) is 8.57. The van der Waals surface area contributed by atoms with Gasteiger partial charge < -0.3 is 10.1 Å². The molecule has 1 aromatic rings. The van der Waals surface area contributed by atoms with E-state index in [1.807, 2.05) is 5.01 Å². The first-order chi connectivity index (χ1) is 13.9. The summed E-state index contributed by atoms with van der Waals surface area (Å²) in [6.45, 7) is 2.08. The Morgan fingerprint density at radius 2 is 2.17 bits per heavy atom. The number of ether oxygens (including phenoxy) is 1. The standard InChI is InChI=1S/C19H25F3N4O3/c20-19(21,22)13-4-1-3-12(7-13)10-26-11-14(9-23-26)24-18(27)15-8-17(29-25-15)16-5-2-6-28-16/h1,3-4,7,14-17,23,25H,2,5-6,8-11H2,(H,24,27). The minimum Gasteiger partial charge on any atom is -0.375 e. The maximum Gasteiger partial charge on any atom is 0.416 e. The molecule has 3 aliphatic rings. The van der Waals surface area contributed by atoms with Crippen LogP contribution in [-0.4, -0.2) is 54.9 Å². The van der Waals surface area contributed by atoms with Crippen LogP contribution in [0.1, 0.15) is 30.4 Å². The average Bonchev–Trinajstić information content (AvgIpc) is 3.43. The van der Waals surface area contributed by atoms with Crippen LogP contribution >= 0.6 is 0 Å². The zero-order valence-corrected chi connectivity index (χ0v) is 15.9. The third-order valence-corrected chi connectivity index (χ3v) is 5.50. The number of nitrogens with one attached hydrogen (secondary N) is 3. The zero-order chi connectivity index (χ0) is 20.4. The number of carbonyl (C=O) groups excluding carboxylic acids is 1. The molecule has 4 unspecified atom stereocenters. The number of amides is 1. The SMILES string of the molecule is O=C(NC1CNN(Cc2cccc(C(F)(F)F)c2)C1)C1CC(C2CCCO2)ON1. The Morgan fingerprint density at radius 3 is 2.93 bits per heavy atom. The number of hydrogen-bond donors (Lipinski definition) is 3. The highest BCUT2D eigenvalue weighted by Crippen LogP contribution is 2.30. The van der Waals surface area contributed by atoms with Gasteiger partial charge in [0.25, 0.3) is 0 Å². The van der Waals surface area contributed by atoms with Crippen LogP contribution in [-0.2, 0) is 27.1 Å². The van der Waals surface area contributed by atoms with Crippen LogP contribution in [0.5, 0.6) is 0 Å². The molecule has 3 N–H and O–H groups in total. The Bertz CT molecular complexity index is 727. The average molecular weight is 414 g/mol. The van der Waals surface area contributed by atoms with Crippen molar-refractivity contribution in [3.05, 3.63) is 35.4 Å². The first-order valence-electron chi connectivity index (χ1n) is 9.86. The lowest BCUT2D eigenvalue weighted by Crippen LogP contribution is -2.47. The Morgan fingerprint density at radius 1 is 1.31 bits per heavy atom. The van der Waals surface area contributed by atoms with Crippen molar-refractivity contribution >= 4 is 5.91 Å². The molecule has 4 rings (SSSR count). The van der Waals surface area contributed by atoms with Crippen LogP contribution in [0, 0.1) is 0 Å². The second-order valence-electron chi connectivity index (χ2n) is 7.76. The van der Waals surface area contributed by atoms with Gasteiger partial charge in [0.05, 0.1) is 17.7 Å². The number of nitrogens with zero attached hydrogens (tertiary/aromatic N) is 1. The van der Waals surface area contributed by atoms with E-state index in [4.69, 9.17) is 9.57 Å². The Balaban J connectivity index is 1.24. The first-order valence-corrected chi connectivity index (χ1v) is 9.86. The molecule has 0 aromatic heterocycles. The molecule has 1 aromatic carbocycles. The minimum atomic E-state index is -4.36. The molecule has 3 heterocycles. The van der Waals surface area contributed by atoms with Gasteiger partial charge in [-0.15, -0.1) is 0 Å². The lowest BCUT2D eigenvalue weighted by molar-refractivity contribution is -0.137. The summed E-state index contributed by atoms with van der Waals surface area (Å²) in [4.78, 5) is 18.0. The quantitative estimate of drug-likeness (QED) is 0.676. The fraction of sp³-hybridized carbons (Fsp3) is 0.632. The Kier molecular flexibility index (Phi) is 6.07. The van der Waals surface area contributed by atoms with E-state index in [0.717, 1.165) is 31.6 Å². The van der Waals surface area contributed by atoms with Crippen LogP contribution < -0.4 is 16.2 Å². The molecule has 29 heavy (non-hydrogen) atoms. The maximum absolute atomic E-state index is 12.9. The molecule has 0 radical (unpaired) electrons. The number of carbonyl (C=O) groups is 1. The molecule has 0 aliphatic carbocycles. The Hall–Kier alpha value is -1.72. The molecular formula is C19H25F3N4O3. The van der Waals surface area contributed by atoms with E-state index >= 15 is 0 Å². The molecule has 4 atom stereocenters. The summed E-state index contributed by atoms with van der Waals surface area (Å²) >= 11 is 0. The summed E-state index contributed by atoms with van der Waals surface area (Å²) in [6.07, 6.45) is -1.93. The van der Waals surface area contributed by atoms with Crippen LogP contribution in [0.25, 0.3) is 0 Å². The van der Waals surface area contributed by atoms with Crippen molar-refractivity contribution in [1.82, 2.24) is 21.2 Å². The predicted molar refractivity (Wildman–Crippen MR) is 97.2 cm³/mol. The van der Waals surface area contributed by atoms with E-state index in [2.05, 4.69) is 16.2 Å². The number of hydrazine groups is 1. The van der Waals surface area contributed by atoms with Gasteiger partial charge in [-0.1, -0.05) is 18.2 Å². The summed E-state index contributed by atoms with van der Waals surface area (Å²) in [5.74, 6) is -0.141. The van der Waals surface area contributed by atoms with Gasteiger partial charge >= 0.3 is 6.18 Å². The molecule has 7 nitrogen and oxygen atoms in total. The van der Waals surface area contributed by atoms with Crippen LogP contribution in [0.4, 0.5) is 13.2 Å². The van der Waals surface area contributed by atoms with Crippen LogP contribution in [0.15, 0.2) is 24.3 Å². The third-order valence-electron chi connectivity index (χ3n) is 5.50. The summed E-state index contributed by atoms with van der Waals surface area (Å²) < 4.78 is 44.2. The largest absolute Gasteiger partial charge is 0.416 e. The van der Waals surface area contributed by atoms with Gasteiger partial charge in [-0.25, -0.2) is 5.01 Å². The summed E-state index contributed by atoms with van der Waals surface area (Å²) in [5.41, 5.74) is 5.82. The van der Waals surface area contributed by atoms with Crippen molar-refractivity contribution in [3.8, 4) is 0 Å². The summed E-state index contributed by atoms with van der Waals surface area (Å²) in [5, 5.41) is 4.79. The zero-order valence-electron chi connectivity index (χ0n) is 15.9. The highest BCUT2D eigenvalue weighted by molar-refractivity contribution is 5.82. The van der Waals surface area contributed by atoms with Gasteiger partial charge in [-0.05, 0) is 24.5 Å². The normalized spacial score (nSPS) is 30.7. The van der Waals surface area contributed by atoms with Gasteiger partial charge in [0.15, 0.2) is 0 Å². The molecular weight excluding hydrogens is 389 g/mol. The third kappa shape index (κ3) is 5.07. The van der Waals surface area contributed by atoms with E-state index in [-0.39, 0.29) is 24.2 Å². The van der Waals surface area contributed by atoms with Gasteiger partial charge in [0.2, 0.25) is 5.91 Å². The molecule has 160 valence electrons. The fourth-order valence-corrected chi connectivity index (χ4v) is 4.00. The highest BCUT2D eigenvalue weighted by atomic mass is 19.4.